The topological polar surface area (TPSA) is 121 Å². The number of para-hydroxylation sites is 1. The largest absolute Gasteiger partial charge is 0.465 e. The van der Waals surface area contributed by atoms with Crippen LogP contribution in [-0.2, 0) is 14.3 Å². The average molecular weight is 476 g/mol. The van der Waals surface area contributed by atoms with Gasteiger partial charge in [-0.25, -0.2) is 14.1 Å². The number of hydrogen-bond acceptors (Lipinski definition) is 7. The van der Waals surface area contributed by atoms with Crippen molar-refractivity contribution < 1.29 is 23.9 Å². The molecule has 10 nitrogen and oxygen atoms in total. The number of nitrogens with one attached hydrogen (secondary N) is 1. The third-order valence-corrected chi connectivity index (χ3v) is 5.72. The summed E-state index contributed by atoms with van der Waals surface area (Å²) < 4.78 is 13.1. The highest BCUT2D eigenvalue weighted by atomic mass is 16.5. The van der Waals surface area contributed by atoms with Gasteiger partial charge in [-0.05, 0) is 43.7 Å². The number of methoxy groups -OCH3 is 2. The van der Waals surface area contributed by atoms with Crippen molar-refractivity contribution in [3.8, 4) is 0 Å². The average Bonchev–Trinajstić information content (AvgIpc) is 3.17. The van der Waals surface area contributed by atoms with Crippen LogP contribution in [-0.4, -0.2) is 46.2 Å². The van der Waals surface area contributed by atoms with Crippen LogP contribution in [0.15, 0.2) is 53.3 Å². The summed E-state index contributed by atoms with van der Waals surface area (Å²) in [6.45, 7) is 3.64. The fourth-order valence-corrected chi connectivity index (χ4v) is 4.18. The van der Waals surface area contributed by atoms with E-state index in [0.29, 0.717) is 17.8 Å². The predicted octanol–water partition coefficient (Wildman–Crippen LogP) is 3.12. The number of benzene rings is 2. The lowest BCUT2D eigenvalue weighted by molar-refractivity contribution is -0.119. The lowest BCUT2D eigenvalue weighted by Crippen LogP contribution is -2.29. The molecule has 1 unspecified atom stereocenters. The van der Waals surface area contributed by atoms with E-state index in [1.165, 1.54) is 38.5 Å². The molecule has 35 heavy (non-hydrogen) atoms. The lowest BCUT2D eigenvalue weighted by atomic mass is 10.1. The second-order valence-corrected chi connectivity index (χ2v) is 7.93. The number of amides is 1. The Morgan fingerprint density at radius 3 is 2.23 bits per heavy atom. The quantitative estimate of drug-likeness (QED) is 0.425. The van der Waals surface area contributed by atoms with Gasteiger partial charge in [-0.3, -0.25) is 14.3 Å². The smallest absolute Gasteiger partial charge is 0.337 e. The summed E-state index contributed by atoms with van der Waals surface area (Å²) in [6, 6.07) is 12.3. The van der Waals surface area contributed by atoms with Gasteiger partial charge in [0.25, 0.3) is 5.56 Å². The first-order valence-corrected chi connectivity index (χ1v) is 10.9. The maximum absolute atomic E-state index is 13.5. The van der Waals surface area contributed by atoms with E-state index in [9.17, 15) is 19.2 Å². The summed E-state index contributed by atoms with van der Waals surface area (Å²) in [4.78, 5) is 54.1. The maximum Gasteiger partial charge on any atom is 0.337 e. The third-order valence-electron chi connectivity index (χ3n) is 5.72. The van der Waals surface area contributed by atoms with Crippen LogP contribution in [0.1, 0.15) is 45.8 Å². The zero-order valence-electron chi connectivity index (χ0n) is 19.7. The number of carbonyl (C=O) groups is 3. The van der Waals surface area contributed by atoms with Gasteiger partial charge in [0.2, 0.25) is 5.91 Å². The van der Waals surface area contributed by atoms with Gasteiger partial charge in [-0.1, -0.05) is 19.1 Å². The molecule has 4 rings (SSSR count). The van der Waals surface area contributed by atoms with Gasteiger partial charge in [0.05, 0.1) is 30.9 Å². The molecule has 0 saturated heterocycles. The van der Waals surface area contributed by atoms with Crippen LogP contribution < -0.4 is 10.9 Å². The number of carbonyl (C=O) groups excluding carboxylic acids is 3. The van der Waals surface area contributed by atoms with Crippen LogP contribution in [0.4, 0.5) is 5.69 Å². The summed E-state index contributed by atoms with van der Waals surface area (Å²) in [5.41, 5.74) is 1.87. The first-order chi connectivity index (χ1) is 16.8. The molecule has 1 amide bonds. The molecule has 0 aliphatic carbocycles. The molecule has 10 heteroatoms. The second kappa shape index (κ2) is 9.41. The van der Waals surface area contributed by atoms with Crippen LogP contribution >= 0.6 is 0 Å². The molecule has 1 atom stereocenters. The molecule has 0 fully saturated rings. The molecule has 2 aromatic heterocycles. The van der Waals surface area contributed by atoms with Crippen molar-refractivity contribution in [2.45, 2.75) is 26.3 Å². The monoisotopic (exact) mass is 476 g/mol. The molecule has 180 valence electrons. The van der Waals surface area contributed by atoms with Crippen molar-refractivity contribution in [1.82, 2.24) is 14.2 Å². The Morgan fingerprint density at radius 1 is 1.00 bits per heavy atom. The van der Waals surface area contributed by atoms with Gasteiger partial charge in [0, 0.05) is 22.8 Å². The number of ether oxygens (including phenoxy) is 2. The lowest BCUT2D eigenvalue weighted by Gasteiger charge is -2.21. The third kappa shape index (κ3) is 4.25. The minimum atomic E-state index is -0.705. The first-order valence-electron chi connectivity index (χ1n) is 10.9. The number of aromatic nitrogens is 3. The molecule has 0 saturated carbocycles. The number of esters is 2. The Hall–Kier alpha value is -4.47. The van der Waals surface area contributed by atoms with E-state index >= 15 is 0 Å². The summed E-state index contributed by atoms with van der Waals surface area (Å²) in [7, 11) is 2.45. The van der Waals surface area contributed by atoms with Gasteiger partial charge in [0.15, 0.2) is 5.65 Å². The molecular weight excluding hydrogens is 452 g/mol. The van der Waals surface area contributed by atoms with Crippen molar-refractivity contribution in [2.24, 2.45) is 0 Å². The van der Waals surface area contributed by atoms with Crippen molar-refractivity contribution >= 4 is 40.1 Å². The Bertz CT molecular complexity index is 1500. The number of aryl methyl sites for hydroxylation is 1. The van der Waals surface area contributed by atoms with Gasteiger partial charge < -0.3 is 14.8 Å². The second-order valence-electron chi connectivity index (χ2n) is 7.93. The maximum atomic E-state index is 13.5. The number of hydrogen-bond donors (Lipinski definition) is 1. The van der Waals surface area contributed by atoms with E-state index < -0.39 is 18.0 Å². The molecule has 0 aliphatic rings. The molecule has 4 aromatic rings. The number of nitrogens with zero attached hydrogens (tertiary/aromatic N) is 3. The normalized spacial score (nSPS) is 11.9. The molecule has 2 aromatic carbocycles. The Balaban J connectivity index is 1.83. The van der Waals surface area contributed by atoms with Gasteiger partial charge in [0.1, 0.15) is 6.04 Å². The number of anilines is 1. The van der Waals surface area contributed by atoms with Crippen molar-refractivity contribution in [1.29, 1.82) is 0 Å². The van der Waals surface area contributed by atoms with Crippen LogP contribution in [0, 0.1) is 6.92 Å². The Morgan fingerprint density at radius 2 is 1.63 bits per heavy atom. The number of fused-ring (bicyclic) bond motifs is 3. The molecule has 0 bridgehead atoms. The Kier molecular flexibility index (Phi) is 6.37. The van der Waals surface area contributed by atoms with E-state index in [1.807, 2.05) is 31.2 Å². The van der Waals surface area contributed by atoms with Gasteiger partial charge in [-0.2, -0.15) is 4.98 Å². The summed E-state index contributed by atoms with van der Waals surface area (Å²) in [5.74, 6) is -1.70. The highest BCUT2D eigenvalue weighted by molar-refractivity contribution is 6.01. The van der Waals surface area contributed by atoms with Crippen LogP contribution in [0.2, 0.25) is 0 Å². The van der Waals surface area contributed by atoms with E-state index in [-0.39, 0.29) is 28.3 Å². The fourth-order valence-electron chi connectivity index (χ4n) is 4.18. The SMILES string of the molecule is CCC(C(=O)Nc1cc(C(=O)OC)cc(C(=O)OC)c1)n1c2ccccc2c2nc(=O)cc(C)n21. The highest BCUT2D eigenvalue weighted by Crippen LogP contribution is 2.28. The van der Waals surface area contributed by atoms with E-state index in [4.69, 9.17) is 9.47 Å². The standard InChI is InChI=1S/C25H24N4O6/c1-5-19(23(31)26-17-12-15(24(32)34-3)11-16(13-17)25(33)35-4)29-20-9-7-6-8-18(20)22-27-21(30)10-14(2)28(22)29/h6-13,19H,5H2,1-4H3,(H,26,31). The summed E-state index contributed by atoms with van der Waals surface area (Å²) >= 11 is 0. The fraction of sp³-hybridized carbons (Fsp3) is 0.240. The molecule has 0 radical (unpaired) electrons. The predicted molar refractivity (Wildman–Crippen MR) is 129 cm³/mol. The first kappa shape index (κ1) is 23.7. The highest BCUT2D eigenvalue weighted by Gasteiger charge is 2.25. The Labute approximate surface area is 200 Å². The van der Waals surface area contributed by atoms with Crippen molar-refractivity contribution in [2.75, 3.05) is 19.5 Å². The van der Waals surface area contributed by atoms with Gasteiger partial charge in [-0.15, -0.1) is 0 Å². The molecular formula is C25H24N4O6. The zero-order valence-corrected chi connectivity index (χ0v) is 19.7. The van der Waals surface area contributed by atoms with Crippen LogP contribution in [0.25, 0.3) is 16.6 Å². The van der Waals surface area contributed by atoms with Gasteiger partial charge >= 0.3 is 11.9 Å². The molecule has 2 heterocycles. The molecule has 0 spiro atoms. The summed E-state index contributed by atoms with van der Waals surface area (Å²) in [6.07, 6.45) is 0.408. The minimum Gasteiger partial charge on any atom is -0.465 e. The van der Waals surface area contributed by atoms with Crippen LogP contribution in [0.5, 0.6) is 0 Å². The zero-order chi connectivity index (χ0) is 25.3. The molecule has 1 N–H and O–H groups in total. The van der Waals surface area contributed by atoms with Crippen molar-refractivity contribution in [3.63, 3.8) is 0 Å². The van der Waals surface area contributed by atoms with Crippen molar-refractivity contribution in [3.05, 3.63) is 75.7 Å². The minimum absolute atomic E-state index is 0.0907. The summed E-state index contributed by atoms with van der Waals surface area (Å²) in [5, 5.41) is 3.55. The van der Waals surface area contributed by atoms with E-state index in [0.717, 1.165) is 10.9 Å². The molecule has 0 aliphatic heterocycles. The van der Waals surface area contributed by atoms with Crippen LogP contribution in [0.3, 0.4) is 0 Å². The van der Waals surface area contributed by atoms with E-state index in [1.54, 1.807) is 16.1 Å². The van der Waals surface area contributed by atoms with E-state index in [2.05, 4.69) is 10.3 Å². The number of rotatable bonds is 6.